The number of nitrogens with two attached hydrogens (primary N) is 1. The molecule has 3 aliphatic carbocycles. The van der Waals surface area contributed by atoms with Gasteiger partial charge in [0.15, 0.2) is 0 Å². The number of carboxylic acids is 1. The van der Waals surface area contributed by atoms with Gasteiger partial charge in [-0.05, 0) is 49.0 Å². The fourth-order valence-electron chi connectivity index (χ4n) is 4.53. The first kappa shape index (κ1) is 14.0. The number of carbonyl (C=O) groups is 1. The van der Waals surface area contributed by atoms with Gasteiger partial charge in [-0.25, -0.2) is 8.78 Å². The van der Waals surface area contributed by atoms with E-state index < -0.39 is 11.9 Å². The molecule has 0 aliphatic heterocycles. The molecule has 112 valence electrons. The Kier molecular flexibility index (Phi) is 3.16. The number of halogens is 2. The summed E-state index contributed by atoms with van der Waals surface area (Å²) in [5.41, 5.74) is 6.76. The van der Waals surface area contributed by atoms with Crippen LogP contribution in [-0.2, 0) is 4.79 Å². The Hall–Kier alpha value is -0.970. The average Bonchev–Trinajstić information content (AvgIpc) is 2.62. The molecule has 0 amide bonds. The highest BCUT2D eigenvalue weighted by atomic mass is 19.3. The second-order valence-corrected chi connectivity index (χ2v) is 6.99. The van der Waals surface area contributed by atoms with E-state index in [2.05, 4.69) is 6.08 Å². The van der Waals surface area contributed by atoms with Gasteiger partial charge < -0.3 is 10.8 Å². The smallest absolute Gasteiger partial charge is 0.303 e. The third kappa shape index (κ3) is 2.26. The zero-order chi connectivity index (χ0) is 14.5. The Morgan fingerprint density at radius 1 is 1.40 bits per heavy atom. The summed E-state index contributed by atoms with van der Waals surface area (Å²) in [7, 11) is 0. The highest BCUT2D eigenvalue weighted by Crippen LogP contribution is 2.60. The van der Waals surface area contributed by atoms with E-state index in [1.54, 1.807) is 0 Å². The minimum atomic E-state index is -2.45. The Bertz CT molecular complexity index is 455. The van der Waals surface area contributed by atoms with Crippen molar-refractivity contribution in [1.82, 2.24) is 0 Å². The quantitative estimate of drug-likeness (QED) is 0.763. The van der Waals surface area contributed by atoms with Crippen molar-refractivity contribution in [3.8, 4) is 0 Å². The van der Waals surface area contributed by atoms with Crippen molar-refractivity contribution in [3.05, 3.63) is 11.6 Å². The van der Waals surface area contributed by atoms with E-state index in [4.69, 9.17) is 10.8 Å². The number of alkyl halides is 2. The van der Waals surface area contributed by atoms with Crippen LogP contribution >= 0.6 is 0 Å². The fraction of sp³-hybridized carbons (Fsp3) is 0.800. The molecule has 0 radical (unpaired) electrons. The Morgan fingerprint density at radius 3 is 2.65 bits per heavy atom. The molecule has 0 aromatic carbocycles. The highest BCUT2D eigenvalue weighted by Gasteiger charge is 2.55. The van der Waals surface area contributed by atoms with Gasteiger partial charge in [0.2, 0.25) is 5.92 Å². The first-order valence-electron chi connectivity index (χ1n) is 7.33. The lowest BCUT2D eigenvalue weighted by Crippen LogP contribution is -2.51. The van der Waals surface area contributed by atoms with Gasteiger partial charge in [-0.2, -0.15) is 0 Å². The van der Waals surface area contributed by atoms with Gasteiger partial charge in [-0.3, -0.25) is 4.79 Å². The second kappa shape index (κ2) is 4.52. The van der Waals surface area contributed by atoms with E-state index >= 15 is 0 Å². The molecule has 0 saturated heterocycles. The lowest BCUT2D eigenvalue weighted by Gasteiger charge is -2.51. The molecule has 3 rings (SSSR count). The van der Waals surface area contributed by atoms with E-state index in [0.29, 0.717) is 12.5 Å². The molecule has 0 spiro atoms. The van der Waals surface area contributed by atoms with E-state index in [1.165, 1.54) is 5.57 Å². The minimum Gasteiger partial charge on any atom is -0.481 e. The first-order chi connectivity index (χ1) is 9.33. The molecule has 0 unspecified atom stereocenters. The average molecular weight is 285 g/mol. The van der Waals surface area contributed by atoms with E-state index in [0.717, 1.165) is 19.3 Å². The summed E-state index contributed by atoms with van der Waals surface area (Å²) in [6.07, 6.45) is 4.87. The molecule has 20 heavy (non-hydrogen) atoms. The largest absolute Gasteiger partial charge is 0.481 e. The Balaban J connectivity index is 1.61. The molecular weight excluding hydrogens is 264 g/mol. The summed E-state index contributed by atoms with van der Waals surface area (Å²) in [5.74, 6) is -2.39. The van der Waals surface area contributed by atoms with E-state index in [-0.39, 0.29) is 36.5 Å². The maximum absolute atomic E-state index is 12.8. The number of aliphatic carboxylic acids is 1. The van der Waals surface area contributed by atoms with Gasteiger partial charge in [0.05, 0.1) is 6.42 Å². The monoisotopic (exact) mass is 285 g/mol. The maximum atomic E-state index is 12.8. The van der Waals surface area contributed by atoms with Crippen LogP contribution in [0.5, 0.6) is 0 Å². The van der Waals surface area contributed by atoms with Gasteiger partial charge >= 0.3 is 5.97 Å². The van der Waals surface area contributed by atoms with Crippen LogP contribution < -0.4 is 5.73 Å². The van der Waals surface area contributed by atoms with Crippen molar-refractivity contribution < 1.29 is 18.7 Å². The molecule has 2 fully saturated rings. The first-order valence-corrected chi connectivity index (χ1v) is 7.33. The summed E-state index contributed by atoms with van der Waals surface area (Å²) in [6, 6.07) is 0. The third-order valence-corrected chi connectivity index (χ3v) is 5.46. The van der Waals surface area contributed by atoms with Gasteiger partial charge in [-0.15, -0.1) is 0 Å². The van der Waals surface area contributed by atoms with Crippen LogP contribution in [0, 0.1) is 23.2 Å². The standard InChI is InChI=1S/C15H21F2NO2/c16-15(17)4-10(5-15)1-9-2-11-6-14(8-18,7-13(19)20)12(11)3-9/h3,10-12H,1-2,4-8,18H2,(H,19,20)/t11-,12-,14-/m1/s1. The molecule has 5 heteroatoms. The van der Waals surface area contributed by atoms with Crippen molar-refractivity contribution in [2.75, 3.05) is 6.54 Å². The predicted molar refractivity (Wildman–Crippen MR) is 70.3 cm³/mol. The summed E-state index contributed by atoms with van der Waals surface area (Å²) in [4.78, 5) is 11.0. The van der Waals surface area contributed by atoms with Crippen molar-refractivity contribution in [1.29, 1.82) is 0 Å². The highest BCUT2D eigenvalue weighted by molar-refractivity contribution is 5.68. The van der Waals surface area contributed by atoms with Crippen LogP contribution in [0.25, 0.3) is 0 Å². The molecular formula is C15H21F2NO2. The summed E-state index contributed by atoms with van der Waals surface area (Å²) < 4.78 is 25.7. The zero-order valence-corrected chi connectivity index (χ0v) is 11.4. The molecule has 3 N–H and O–H groups in total. The number of rotatable bonds is 5. The fourth-order valence-corrected chi connectivity index (χ4v) is 4.53. The SMILES string of the molecule is NC[C@]1(CC(=O)O)C[C@H]2CC(CC3CC(F)(F)C3)=C[C@H]21. The van der Waals surface area contributed by atoms with Gasteiger partial charge in [0.25, 0.3) is 0 Å². The molecule has 3 nitrogen and oxygen atoms in total. The van der Waals surface area contributed by atoms with Crippen molar-refractivity contribution in [2.24, 2.45) is 28.9 Å². The number of hydrogen-bond acceptors (Lipinski definition) is 2. The zero-order valence-electron chi connectivity index (χ0n) is 11.4. The van der Waals surface area contributed by atoms with Gasteiger partial charge in [-0.1, -0.05) is 11.6 Å². The van der Waals surface area contributed by atoms with Crippen LogP contribution in [0.2, 0.25) is 0 Å². The van der Waals surface area contributed by atoms with Crippen LogP contribution in [-0.4, -0.2) is 23.5 Å². The second-order valence-electron chi connectivity index (χ2n) is 6.99. The summed E-state index contributed by atoms with van der Waals surface area (Å²) >= 11 is 0. The Morgan fingerprint density at radius 2 is 2.10 bits per heavy atom. The summed E-state index contributed by atoms with van der Waals surface area (Å²) in [5, 5.41) is 9.02. The van der Waals surface area contributed by atoms with Crippen molar-refractivity contribution in [3.63, 3.8) is 0 Å². The molecule has 2 saturated carbocycles. The molecule has 3 atom stereocenters. The lowest BCUT2D eigenvalue weighted by atomic mass is 9.53. The molecule has 3 aliphatic rings. The van der Waals surface area contributed by atoms with Crippen molar-refractivity contribution >= 4 is 5.97 Å². The third-order valence-electron chi connectivity index (χ3n) is 5.46. The van der Waals surface area contributed by atoms with E-state index in [9.17, 15) is 13.6 Å². The van der Waals surface area contributed by atoms with Gasteiger partial charge in [0.1, 0.15) is 0 Å². The number of carboxylic acid groups (broad SMARTS) is 1. The van der Waals surface area contributed by atoms with Crippen LogP contribution in [0.15, 0.2) is 11.6 Å². The minimum absolute atomic E-state index is 0.0107. The van der Waals surface area contributed by atoms with E-state index in [1.807, 2.05) is 0 Å². The lowest BCUT2D eigenvalue weighted by molar-refractivity contribution is -0.144. The van der Waals surface area contributed by atoms with Crippen LogP contribution in [0.3, 0.4) is 0 Å². The van der Waals surface area contributed by atoms with Crippen LogP contribution in [0.1, 0.15) is 38.5 Å². The number of allylic oxidation sites excluding steroid dienone is 2. The number of hydrogen-bond donors (Lipinski definition) is 2. The molecule has 0 aromatic heterocycles. The maximum Gasteiger partial charge on any atom is 0.303 e. The predicted octanol–water partition coefficient (Wildman–Crippen LogP) is 2.81. The van der Waals surface area contributed by atoms with Gasteiger partial charge in [0, 0.05) is 12.8 Å². The van der Waals surface area contributed by atoms with Crippen molar-refractivity contribution in [2.45, 2.75) is 44.4 Å². The molecule has 0 bridgehead atoms. The molecule has 0 heterocycles. The topological polar surface area (TPSA) is 63.3 Å². The molecule has 0 aromatic rings. The Labute approximate surface area is 117 Å². The summed E-state index contributed by atoms with van der Waals surface area (Å²) in [6.45, 7) is 0.395. The van der Waals surface area contributed by atoms with Crippen LogP contribution in [0.4, 0.5) is 8.78 Å². The number of fused-ring (bicyclic) bond motifs is 1. The normalized spacial score (nSPS) is 38.6.